The molecule has 5 heteroatoms. The summed E-state index contributed by atoms with van der Waals surface area (Å²) < 4.78 is 17.0. The second-order valence-electron chi connectivity index (χ2n) is 3.79. The Morgan fingerprint density at radius 2 is 1.89 bits per heavy atom. The summed E-state index contributed by atoms with van der Waals surface area (Å²) in [6.07, 6.45) is 1.77. The average Bonchev–Trinajstić information content (AvgIpc) is 2.94. The van der Waals surface area contributed by atoms with Crippen molar-refractivity contribution in [2.75, 3.05) is 21.3 Å². The highest BCUT2D eigenvalue weighted by atomic mass is 16.5. The van der Waals surface area contributed by atoms with Crippen molar-refractivity contribution in [3.05, 3.63) is 42.2 Å². The van der Waals surface area contributed by atoms with E-state index in [2.05, 4.69) is 0 Å². The zero-order chi connectivity index (χ0) is 13.8. The number of rotatable bonds is 4. The smallest absolute Gasteiger partial charge is 0.355 e. The molecule has 0 fully saturated rings. The van der Waals surface area contributed by atoms with Crippen LogP contribution in [0.25, 0.3) is 5.69 Å². The molecule has 0 amide bonds. The van der Waals surface area contributed by atoms with Gasteiger partial charge in [0.1, 0.15) is 17.2 Å². The van der Waals surface area contributed by atoms with E-state index < -0.39 is 5.97 Å². The third-order valence-corrected chi connectivity index (χ3v) is 2.79. The number of carbonyl (C=O) groups is 1. The molecule has 0 unspecified atom stereocenters. The molecular formula is C14H15NO4. The maximum Gasteiger partial charge on any atom is 0.355 e. The van der Waals surface area contributed by atoms with Gasteiger partial charge < -0.3 is 18.8 Å². The molecule has 0 aliphatic rings. The summed E-state index contributed by atoms with van der Waals surface area (Å²) in [6, 6.07) is 8.83. The third kappa shape index (κ3) is 2.40. The van der Waals surface area contributed by atoms with Gasteiger partial charge >= 0.3 is 5.97 Å². The lowest BCUT2D eigenvalue weighted by atomic mass is 10.2. The predicted octanol–water partition coefficient (Wildman–Crippen LogP) is 2.28. The van der Waals surface area contributed by atoms with Crippen LogP contribution in [0.1, 0.15) is 10.5 Å². The van der Waals surface area contributed by atoms with E-state index in [0.29, 0.717) is 22.9 Å². The minimum absolute atomic E-state index is 0.408. The van der Waals surface area contributed by atoms with E-state index in [1.807, 2.05) is 0 Å². The van der Waals surface area contributed by atoms with Crippen molar-refractivity contribution in [2.45, 2.75) is 0 Å². The van der Waals surface area contributed by atoms with Crippen LogP contribution >= 0.6 is 0 Å². The molecule has 0 saturated carbocycles. The molecule has 5 nitrogen and oxygen atoms in total. The number of esters is 1. The van der Waals surface area contributed by atoms with Crippen LogP contribution in [0.15, 0.2) is 36.5 Å². The van der Waals surface area contributed by atoms with Crippen LogP contribution in [0.5, 0.6) is 11.5 Å². The largest absolute Gasteiger partial charge is 0.497 e. The van der Waals surface area contributed by atoms with Crippen LogP contribution < -0.4 is 9.47 Å². The van der Waals surface area contributed by atoms with Crippen LogP contribution in [0.3, 0.4) is 0 Å². The Bertz CT molecular complexity index is 589. The summed E-state index contributed by atoms with van der Waals surface area (Å²) in [5.41, 5.74) is 1.14. The number of hydrogen-bond donors (Lipinski definition) is 0. The number of benzene rings is 1. The van der Waals surface area contributed by atoms with E-state index in [-0.39, 0.29) is 0 Å². The van der Waals surface area contributed by atoms with Crippen molar-refractivity contribution in [3.8, 4) is 17.2 Å². The zero-order valence-electron chi connectivity index (χ0n) is 11.0. The lowest BCUT2D eigenvalue weighted by molar-refractivity contribution is 0.0591. The molecule has 0 radical (unpaired) electrons. The molecule has 0 aliphatic heterocycles. The minimum atomic E-state index is -0.408. The Morgan fingerprint density at radius 3 is 2.53 bits per heavy atom. The standard InChI is InChI=1S/C14H15NO4/c1-17-10-6-7-13(18-2)12(9-10)15-8-4-5-11(15)14(16)19-3/h4-9H,1-3H3. The molecule has 0 spiro atoms. The molecule has 1 aromatic carbocycles. The monoisotopic (exact) mass is 261 g/mol. The molecular weight excluding hydrogens is 246 g/mol. The Hall–Kier alpha value is -2.43. The Labute approximate surface area is 111 Å². The normalized spacial score (nSPS) is 10.1. The maximum atomic E-state index is 11.7. The van der Waals surface area contributed by atoms with Gasteiger partial charge in [0.15, 0.2) is 0 Å². The van der Waals surface area contributed by atoms with E-state index in [1.54, 1.807) is 55.3 Å². The van der Waals surface area contributed by atoms with E-state index >= 15 is 0 Å². The summed E-state index contributed by atoms with van der Waals surface area (Å²) in [6.45, 7) is 0. The van der Waals surface area contributed by atoms with Gasteiger partial charge in [-0.25, -0.2) is 4.79 Å². The van der Waals surface area contributed by atoms with Crippen LogP contribution in [0, 0.1) is 0 Å². The SMILES string of the molecule is COC(=O)c1cccn1-c1cc(OC)ccc1OC. The summed E-state index contributed by atoms with van der Waals surface area (Å²) in [4.78, 5) is 11.7. The lowest BCUT2D eigenvalue weighted by Gasteiger charge is -2.13. The van der Waals surface area contributed by atoms with Crippen molar-refractivity contribution in [1.82, 2.24) is 4.57 Å². The molecule has 0 atom stereocenters. The number of carbonyl (C=O) groups excluding carboxylic acids is 1. The Balaban J connectivity index is 2.57. The number of methoxy groups -OCH3 is 3. The second kappa shape index (κ2) is 5.48. The summed E-state index contributed by atoms with van der Waals surface area (Å²) in [5.74, 6) is 0.914. The lowest BCUT2D eigenvalue weighted by Crippen LogP contribution is -2.09. The van der Waals surface area contributed by atoms with Crippen molar-refractivity contribution in [1.29, 1.82) is 0 Å². The van der Waals surface area contributed by atoms with Gasteiger partial charge in [0.05, 0.1) is 27.0 Å². The zero-order valence-corrected chi connectivity index (χ0v) is 11.0. The molecule has 1 heterocycles. The van der Waals surface area contributed by atoms with Crippen molar-refractivity contribution >= 4 is 5.97 Å². The van der Waals surface area contributed by atoms with Gasteiger partial charge in [-0.05, 0) is 24.3 Å². The first-order chi connectivity index (χ1) is 9.21. The van der Waals surface area contributed by atoms with E-state index in [9.17, 15) is 4.79 Å². The van der Waals surface area contributed by atoms with Gasteiger partial charge in [0, 0.05) is 12.3 Å². The minimum Gasteiger partial charge on any atom is -0.497 e. The fourth-order valence-electron chi connectivity index (χ4n) is 1.85. The van der Waals surface area contributed by atoms with Gasteiger partial charge in [-0.2, -0.15) is 0 Å². The number of hydrogen-bond acceptors (Lipinski definition) is 4. The summed E-state index contributed by atoms with van der Waals surface area (Å²) in [5, 5.41) is 0. The van der Waals surface area contributed by atoms with Crippen LogP contribution in [0.4, 0.5) is 0 Å². The van der Waals surface area contributed by atoms with Gasteiger partial charge in [0.2, 0.25) is 0 Å². The first-order valence-electron chi connectivity index (χ1n) is 5.69. The molecule has 0 N–H and O–H groups in total. The van der Waals surface area contributed by atoms with Gasteiger partial charge in [0.25, 0.3) is 0 Å². The first kappa shape index (κ1) is 13.0. The van der Waals surface area contributed by atoms with Crippen LogP contribution in [0.2, 0.25) is 0 Å². The quantitative estimate of drug-likeness (QED) is 0.792. The Morgan fingerprint density at radius 1 is 1.11 bits per heavy atom. The Kier molecular flexibility index (Phi) is 3.75. The molecule has 19 heavy (non-hydrogen) atoms. The van der Waals surface area contributed by atoms with Gasteiger partial charge in [-0.3, -0.25) is 0 Å². The average molecular weight is 261 g/mol. The molecule has 2 rings (SSSR count). The predicted molar refractivity (Wildman–Crippen MR) is 70.2 cm³/mol. The highest BCUT2D eigenvalue weighted by Crippen LogP contribution is 2.28. The number of nitrogens with zero attached hydrogens (tertiary/aromatic N) is 1. The molecule has 1 aromatic heterocycles. The first-order valence-corrected chi connectivity index (χ1v) is 5.69. The molecule has 0 bridgehead atoms. The van der Waals surface area contributed by atoms with Gasteiger partial charge in [-0.1, -0.05) is 0 Å². The fraction of sp³-hybridized carbons (Fsp3) is 0.214. The highest BCUT2D eigenvalue weighted by Gasteiger charge is 2.15. The fourth-order valence-corrected chi connectivity index (χ4v) is 1.85. The van der Waals surface area contributed by atoms with Crippen LogP contribution in [-0.4, -0.2) is 31.9 Å². The molecule has 0 aliphatic carbocycles. The van der Waals surface area contributed by atoms with Crippen molar-refractivity contribution in [2.24, 2.45) is 0 Å². The molecule has 0 saturated heterocycles. The molecule has 2 aromatic rings. The maximum absolute atomic E-state index is 11.7. The second-order valence-corrected chi connectivity index (χ2v) is 3.79. The number of aromatic nitrogens is 1. The topological polar surface area (TPSA) is 49.7 Å². The number of ether oxygens (including phenoxy) is 3. The van der Waals surface area contributed by atoms with Crippen molar-refractivity contribution in [3.63, 3.8) is 0 Å². The van der Waals surface area contributed by atoms with Crippen molar-refractivity contribution < 1.29 is 19.0 Å². The van der Waals surface area contributed by atoms with Crippen LogP contribution in [-0.2, 0) is 4.74 Å². The third-order valence-electron chi connectivity index (χ3n) is 2.79. The van der Waals surface area contributed by atoms with E-state index in [0.717, 1.165) is 0 Å². The summed E-state index contributed by atoms with van der Waals surface area (Å²) in [7, 11) is 4.51. The summed E-state index contributed by atoms with van der Waals surface area (Å²) >= 11 is 0. The van der Waals surface area contributed by atoms with E-state index in [1.165, 1.54) is 7.11 Å². The van der Waals surface area contributed by atoms with E-state index in [4.69, 9.17) is 14.2 Å². The highest BCUT2D eigenvalue weighted by molar-refractivity contribution is 5.88. The van der Waals surface area contributed by atoms with Gasteiger partial charge in [-0.15, -0.1) is 0 Å². The molecule has 100 valence electrons.